The van der Waals surface area contributed by atoms with Crippen LogP contribution in [0.3, 0.4) is 0 Å². The smallest absolute Gasteiger partial charge is 0.220 e. The van der Waals surface area contributed by atoms with Gasteiger partial charge in [0, 0.05) is 12.5 Å². The van der Waals surface area contributed by atoms with Crippen molar-refractivity contribution >= 4 is 5.91 Å². The van der Waals surface area contributed by atoms with Gasteiger partial charge in [0.25, 0.3) is 0 Å². The summed E-state index contributed by atoms with van der Waals surface area (Å²) >= 11 is 0. The summed E-state index contributed by atoms with van der Waals surface area (Å²) in [5.41, 5.74) is 0. The van der Waals surface area contributed by atoms with Gasteiger partial charge in [0.05, 0.1) is 0 Å². The zero-order valence-corrected chi connectivity index (χ0v) is 8.81. The van der Waals surface area contributed by atoms with Crippen LogP contribution in [0.25, 0.3) is 0 Å². The molecule has 1 rings (SSSR count). The highest BCUT2D eigenvalue weighted by atomic mass is 16.1. The molecule has 1 N–H and O–H groups in total. The molecule has 0 aromatic heterocycles. The molecule has 1 fully saturated rings. The lowest BCUT2D eigenvalue weighted by molar-refractivity contribution is -0.122. The highest BCUT2D eigenvalue weighted by Crippen LogP contribution is 2.27. The molecular weight excluding hydrogens is 162 g/mol. The van der Waals surface area contributed by atoms with Crippen LogP contribution in [0.15, 0.2) is 0 Å². The van der Waals surface area contributed by atoms with Gasteiger partial charge >= 0.3 is 0 Å². The van der Waals surface area contributed by atoms with Gasteiger partial charge in [0.2, 0.25) is 5.91 Å². The van der Waals surface area contributed by atoms with Crippen LogP contribution >= 0.6 is 0 Å². The van der Waals surface area contributed by atoms with Crippen molar-refractivity contribution in [3.8, 4) is 0 Å². The Kier molecular flexibility index (Phi) is 4.26. The maximum Gasteiger partial charge on any atom is 0.220 e. The molecule has 0 aromatic carbocycles. The van der Waals surface area contributed by atoms with Gasteiger partial charge in [-0.15, -0.1) is 0 Å². The van der Waals surface area contributed by atoms with Crippen LogP contribution in [-0.4, -0.2) is 11.9 Å². The minimum Gasteiger partial charge on any atom is -0.354 e. The summed E-state index contributed by atoms with van der Waals surface area (Å²) in [7, 11) is 0. The predicted molar refractivity (Wildman–Crippen MR) is 54.5 cm³/mol. The quantitative estimate of drug-likeness (QED) is 0.712. The Bertz CT molecular complexity index is 161. The van der Waals surface area contributed by atoms with E-state index in [1.54, 1.807) is 0 Å². The minimum atomic E-state index is 0.251. The first-order chi connectivity index (χ1) is 6.22. The average Bonchev–Trinajstić information content (AvgIpc) is 2.56. The molecule has 0 aliphatic heterocycles. The molecule has 13 heavy (non-hydrogen) atoms. The Balaban J connectivity index is 2.16. The van der Waals surface area contributed by atoms with Crippen molar-refractivity contribution in [2.45, 2.75) is 58.4 Å². The number of hydrogen-bond donors (Lipinski definition) is 1. The molecule has 0 radical (unpaired) electrons. The van der Waals surface area contributed by atoms with Gasteiger partial charge in [-0.2, -0.15) is 0 Å². The second kappa shape index (κ2) is 5.25. The monoisotopic (exact) mass is 183 g/mol. The second-order valence-electron chi connectivity index (χ2n) is 4.23. The van der Waals surface area contributed by atoms with E-state index < -0.39 is 0 Å². The van der Waals surface area contributed by atoms with Crippen molar-refractivity contribution in [1.29, 1.82) is 0 Å². The summed E-state index contributed by atoms with van der Waals surface area (Å²) < 4.78 is 0. The summed E-state index contributed by atoms with van der Waals surface area (Å²) in [4.78, 5) is 11.5. The molecule has 1 unspecified atom stereocenters. The number of rotatable bonds is 4. The van der Waals surface area contributed by atoms with Crippen LogP contribution in [0.4, 0.5) is 0 Å². The van der Waals surface area contributed by atoms with E-state index in [4.69, 9.17) is 0 Å². The molecule has 1 aliphatic rings. The Labute approximate surface area is 81.1 Å². The molecule has 1 saturated carbocycles. The normalized spacial score (nSPS) is 20.2. The second-order valence-corrected chi connectivity index (χ2v) is 4.23. The summed E-state index contributed by atoms with van der Waals surface area (Å²) in [5, 5.41) is 3.02. The molecule has 0 saturated heterocycles. The lowest BCUT2D eigenvalue weighted by Gasteiger charge is -2.13. The Morgan fingerprint density at radius 2 is 2.08 bits per heavy atom. The molecular formula is C11H21NO. The first-order valence-corrected chi connectivity index (χ1v) is 5.51. The summed E-state index contributed by atoms with van der Waals surface area (Å²) in [6.07, 6.45) is 6.94. The SMILES string of the molecule is CCC(C)NC(=O)CC1CCCC1. The van der Waals surface area contributed by atoms with Crippen LogP contribution in [0, 0.1) is 5.92 Å². The van der Waals surface area contributed by atoms with Gasteiger partial charge in [-0.25, -0.2) is 0 Å². The Morgan fingerprint density at radius 3 is 2.62 bits per heavy atom. The molecule has 0 heterocycles. The third kappa shape index (κ3) is 3.79. The van der Waals surface area contributed by atoms with E-state index in [9.17, 15) is 4.79 Å². The maximum atomic E-state index is 11.5. The van der Waals surface area contributed by atoms with Crippen molar-refractivity contribution in [3.05, 3.63) is 0 Å². The van der Waals surface area contributed by atoms with Crippen molar-refractivity contribution in [2.75, 3.05) is 0 Å². The number of carbonyl (C=O) groups is 1. The Morgan fingerprint density at radius 1 is 1.46 bits per heavy atom. The highest BCUT2D eigenvalue weighted by Gasteiger charge is 2.18. The number of hydrogen-bond acceptors (Lipinski definition) is 1. The third-order valence-electron chi connectivity index (χ3n) is 2.97. The van der Waals surface area contributed by atoms with E-state index in [0.29, 0.717) is 12.0 Å². The topological polar surface area (TPSA) is 29.1 Å². The number of nitrogens with one attached hydrogen (secondary N) is 1. The summed E-state index contributed by atoms with van der Waals surface area (Å²) in [6.45, 7) is 4.16. The first-order valence-electron chi connectivity index (χ1n) is 5.51. The predicted octanol–water partition coefficient (Wildman–Crippen LogP) is 2.48. The van der Waals surface area contributed by atoms with E-state index in [-0.39, 0.29) is 5.91 Å². The van der Waals surface area contributed by atoms with E-state index in [2.05, 4.69) is 19.2 Å². The molecule has 1 atom stereocenters. The Hall–Kier alpha value is -0.530. The zero-order chi connectivity index (χ0) is 9.68. The summed E-state index contributed by atoms with van der Waals surface area (Å²) in [5.74, 6) is 0.922. The molecule has 1 amide bonds. The van der Waals surface area contributed by atoms with Gasteiger partial charge in [-0.3, -0.25) is 4.79 Å². The first kappa shape index (κ1) is 10.6. The fourth-order valence-corrected chi connectivity index (χ4v) is 1.91. The molecule has 0 bridgehead atoms. The molecule has 2 nitrogen and oxygen atoms in total. The fraction of sp³-hybridized carbons (Fsp3) is 0.909. The number of amides is 1. The average molecular weight is 183 g/mol. The van der Waals surface area contributed by atoms with Crippen LogP contribution in [0.5, 0.6) is 0 Å². The third-order valence-corrected chi connectivity index (χ3v) is 2.97. The van der Waals surface area contributed by atoms with E-state index in [1.807, 2.05) is 0 Å². The van der Waals surface area contributed by atoms with E-state index in [1.165, 1.54) is 25.7 Å². The van der Waals surface area contributed by atoms with Crippen LogP contribution in [-0.2, 0) is 4.79 Å². The minimum absolute atomic E-state index is 0.251. The van der Waals surface area contributed by atoms with Gasteiger partial charge in [-0.05, 0) is 32.1 Å². The lowest BCUT2D eigenvalue weighted by Crippen LogP contribution is -2.32. The van der Waals surface area contributed by atoms with Crippen molar-refractivity contribution in [3.63, 3.8) is 0 Å². The highest BCUT2D eigenvalue weighted by molar-refractivity contribution is 5.76. The van der Waals surface area contributed by atoms with Gasteiger partial charge < -0.3 is 5.32 Å². The molecule has 0 spiro atoms. The molecule has 76 valence electrons. The summed E-state index contributed by atoms with van der Waals surface area (Å²) in [6, 6.07) is 0.342. The zero-order valence-electron chi connectivity index (χ0n) is 8.81. The van der Waals surface area contributed by atoms with Crippen LogP contribution in [0.2, 0.25) is 0 Å². The maximum absolute atomic E-state index is 11.5. The van der Waals surface area contributed by atoms with Crippen LogP contribution < -0.4 is 5.32 Å². The van der Waals surface area contributed by atoms with E-state index in [0.717, 1.165) is 12.8 Å². The molecule has 2 heteroatoms. The largest absolute Gasteiger partial charge is 0.354 e. The van der Waals surface area contributed by atoms with Gasteiger partial charge in [0.15, 0.2) is 0 Å². The standard InChI is InChI=1S/C11H21NO/c1-3-9(2)12-11(13)8-10-6-4-5-7-10/h9-10H,3-8H2,1-2H3,(H,12,13). The van der Waals surface area contributed by atoms with Gasteiger partial charge in [-0.1, -0.05) is 19.8 Å². The molecule has 0 aromatic rings. The van der Waals surface area contributed by atoms with E-state index >= 15 is 0 Å². The fourth-order valence-electron chi connectivity index (χ4n) is 1.91. The molecule has 1 aliphatic carbocycles. The van der Waals surface area contributed by atoms with Crippen molar-refractivity contribution < 1.29 is 4.79 Å². The lowest BCUT2D eigenvalue weighted by atomic mass is 10.0. The van der Waals surface area contributed by atoms with Gasteiger partial charge in [0.1, 0.15) is 0 Å². The van der Waals surface area contributed by atoms with Crippen LogP contribution in [0.1, 0.15) is 52.4 Å². The van der Waals surface area contributed by atoms with Crippen molar-refractivity contribution in [2.24, 2.45) is 5.92 Å². The number of carbonyl (C=O) groups excluding carboxylic acids is 1. The van der Waals surface area contributed by atoms with Crippen molar-refractivity contribution in [1.82, 2.24) is 5.32 Å².